The maximum Gasteiger partial charge on any atom is 0.237 e. The molecule has 0 aliphatic rings. The summed E-state index contributed by atoms with van der Waals surface area (Å²) in [6.07, 6.45) is 0. The highest BCUT2D eigenvalue weighted by Crippen LogP contribution is 2.43. The van der Waals surface area contributed by atoms with Crippen LogP contribution in [0, 0.1) is 0 Å². The van der Waals surface area contributed by atoms with Gasteiger partial charge in [-0.25, -0.2) is 4.98 Å². The highest BCUT2D eigenvalue weighted by atomic mass is 32.1. The molecule has 0 spiro atoms. The fraction of sp³-hybridized carbons (Fsp3) is 0. The third-order valence-corrected chi connectivity index (χ3v) is 9.97. The van der Waals surface area contributed by atoms with Crippen LogP contribution in [0.5, 0.6) is 0 Å². The van der Waals surface area contributed by atoms with E-state index >= 15 is 0 Å². The smallest absolute Gasteiger partial charge is 0.237 e. The molecule has 10 aromatic rings. The molecule has 0 atom stereocenters. The molecule has 4 heterocycles. The van der Waals surface area contributed by atoms with Crippen molar-refractivity contribution in [2.75, 3.05) is 0 Å². The van der Waals surface area contributed by atoms with Gasteiger partial charge in [-0.1, -0.05) is 109 Å². The quantitative estimate of drug-likeness (QED) is 0.209. The Hall–Kier alpha value is -5.52. The van der Waals surface area contributed by atoms with Crippen molar-refractivity contribution in [1.82, 2.24) is 19.1 Å². The van der Waals surface area contributed by atoms with Crippen molar-refractivity contribution in [2.24, 2.45) is 0 Å². The minimum atomic E-state index is 0.676. The second-order valence-corrected chi connectivity index (χ2v) is 12.1. The van der Waals surface area contributed by atoms with Gasteiger partial charge < -0.3 is 0 Å². The van der Waals surface area contributed by atoms with Crippen molar-refractivity contribution in [3.8, 4) is 11.8 Å². The number of para-hydroxylation sites is 4. The monoisotopic (exact) mass is 566 g/mol. The molecule has 5 heteroatoms. The highest BCUT2D eigenvalue weighted by molar-refractivity contribution is 7.27. The number of hydrogen-bond acceptors (Lipinski definition) is 3. The lowest BCUT2D eigenvalue weighted by atomic mass is 10.1. The molecule has 4 nitrogen and oxygen atoms in total. The Morgan fingerprint density at radius 3 is 1.47 bits per heavy atom. The van der Waals surface area contributed by atoms with Crippen LogP contribution in [0.15, 0.2) is 133 Å². The summed E-state index contributed by atoms with van der Waals surface area (Å²) in [5.41, 5.74) is 5.45. The standard InChI is InChI=1S/C38H22N4S/c1-2-12-24-23(11-1)21-22-29-34-36(43-35(24)29)37(41-30-17-7-3-13-25(30)26-14-4-8-18-31(26)41)40-38(39-34)42-32-19-9-5-15-27(32)28-16-6-10-20-33(28)42/h1-22H. The van der Waals surface area contributed by atoms with E-state index in [-0.39, 0.29) is 0 Å². The number of hydrogen-bond donors (Lipinski definition) is 0. The molecule has 0 fully saturated rings. The summed E-state index contributed by atoms with van der Waals surface area (Å²) < 4.78 is 6.89. The van der Waals surface area contributed by atoms with Crippen molar-refractivity contribution < 1.29 is 0 Å². The van der Waals surface area contributed by atoms with Gasteiger partial charge in [0.15, 0.2) is 5.82 Å². The third kappa shape index (κ3) is 3.09. The largest absolute Gasteiger partial charge is 0.292 e. The molecule has 4 aromatic heterocycles. The summed E-state index contributed by atoms with van der Waals surface area (Å²) in [6, 6.07) is 47.4. The van der Waals surface area contributed by atoms with Crippen LogP contribution in [-0.2, 0) is 0 Å². The van der Waals surface area contributed by atoms with Crippen molar-refractivity contribution in [3.63, 3.8) is 0 Å². The normalized spacial score (nSPS) is 12.2. The van der Waals surface area contributed by atoms with E-state index in [9.17, 15) is 0 Å². The van der Waals surface area contributed by atoms with Gasteiger partial charge in [-0.3, -0.25) is 9.13 Å². The Balaban J connectivity index is 1.43. The molecule has 0 unspecified atom stereocenters. The summed E-state index contributed by atoms with van der Waals surface area (Å²) >= 11 is 1.79. The van der Waals surface area contributed by atoms with Gasteiger partial charge in [-0.05, 0) is 35.0 Å². The first kappa shape index (κ1) is 23.1. The number of nitrogens with zero attached hydrogens (tertiary/aromatic N) is 4. The van der Waals surface area contributed by atoms with Gasteiger partial charge in [0.25, 0.3) is 0 Å². The van der Waals surface area contributed by atoms with E-state index in [1.54, 1.807) is 11.3 Å². The van der Waals surface area contributed by atoms with Crippen LogP contribution in [0.4, 0.5) is 0 Å². The van der Waals surface area contributed by atoms with E-state index in [1.807, 2.05) is 0 Å². The molecular formula is C38H22N4S. The van der Waals surface area contributed by atoms with Gasteiger partial charge in [-0.2, -0.15) is 4.98 Å². The predicted molar refractivity (Wildman–Crippen MR) is 181 cm³/mol. The summed E-state index contributed by atoms with van der Waals surface area (Å²) in [5, 5.41) is 8.46. The zero-order valence-electron chi connectivity index (χ0n) is 22.9. The minimum Gasteiger partial charge on any atom is -0.292 e. The summed E-state index contributed by atoms with van der Waals surface area (Å²) in [6.45, 7) is 0. The molecule has 6 aromatic carbocycles. The number of rotatable bonds is 2. The molecule has 0 saturated carbocycles. The number of aromatic nitrogens is 4. The third-order valence-electron chi connectivity index (χ3n) is 8.75. The van der Waals surface area contributed by atoms with Gasteiger partial charge in [0.05, 0.1) is 32.3 Å². The molecule has 0 aliphatic carbocycles. The second-order valence-electron chi connectivity index (χ2n) is 11.0. The van der Waals surface area contributed by atoms with Gasteiger partial charge in [0.2, 0.25) is 5.95 Å². The number of fused-ring (bicyclic) bond motifs is 11. The lowest BCUT2D eigenvalue weighted by Crippen LogP contribution is -2.06. The Morgan fingerprint density at radius 1 is 0.395 bits per heavy atom. The van der Waals surface area contributed by atoms with E-state index in [4.69, 9.17) is 9.97 Å². The zero-order chi connectivity index (χ0) is 28.1. The zero-order valence-corrected chi connectivity index (χ0v) is 23.7. The van der Waals surface area contributed by atoms with Crippen molar-refractivity contribution in [1.29, 1.82) is 0 Å². The average molecular weight is 567 g/mol. The van der Waals surface area contributed by atoms with Crippen molar-refractivity contribution in [3.05, 3.63) is 133 Å². The molecule has 0 aliphatic heterocycles. The Kier molecular flexibility index (Phi) is 4.57. The number of thiophene rings is 1. The van der Waals surface area contributed by atoms with E-state index in [0.29, 0.717) is 5.95 Å². The van der Waals surface area contributed by atoms with E-state index in [0.717, 1.165) is 43.5 Å². The van der Waals surface area contributed by atoms with Gasteiger partial charge >= 0.3 is 0 Å². The van der Waals surface area contributed by atoms with Crippen LogP contribution in [0.25, 0.3) is 86.5 Å². The predicted octanol–water partition coefficient (Wildman–Crippen LogP) is 10.2. The van der Waals surface area contributed by atoms with Gasteiger partial charge in [0.1, 0.15) is 0 Å². The Labute approximate surface area is 249 Å². The molecule has 200 valence electrons. The van der Waals surface area contributed by atoms with E-state index in [1.165, 1.54) is 37.0 Å². The topological polar surface area (TPSA) is 35.6 Å². The maximum atomic E-state index is 5.49. The fourth-order valence-electron chi connectivity index (χ4n) is 6.89. The summed E-state index contributed by atoms with van der Waals surface area (Å²) in [5.74, 6) is 1.58. The van der Waals surface area contributed by atoms with Crippen LogP contribution in [0.2, 0.25) is 0 Å². The molecule has 10 rings (SSSR count). The molecule has 0 radical (unpaired) electrons. The summed E-state index contributed by atoms with van der Waals surface area (Å²) in [7, 11) is 0. The Bertz CT molecular complexity index is 2640. The summed E-state index contributed by atoms with van der Waals surface area (Å²) in [4.78, 5) is 10.9. The van der Waals surface area contributed by atoms with Crippen LogP contribution in [0.1, 0.15) is 0 Å². The second kappa shape index (κ2) is 8.51. The van der Waals surface area contributed by atoms with Crippen LogP contribution in [0.3, 0.4) is 0 Å². The van der Waals surface area contributed by atoms with Crippen molar-refractivity contribution >= 4 is 86.0 Å². The molecular weight excluding hydrogens is 545 g/mol. The molecule has 0 bridgehead atoms. The average Bonchev–Trinajstić information content (AvgIpc) is 3.72. The fourth-order valence-corrected chi connectivity index (χ4v) is 8.14. The molecule has 0 amide bonds. The first-order chi connectivity index (χ1) is 21.3. The van der Waals surface area contributed by atoms with Gasteiger partial charge in [-0.15, -0.1) is 11.3 Å². The lowest BCUT2D eigenvalue weighted by Gasteiger charge is -2.12. The SMILES string of the molecule is c1ccc2c(c1)ccc1c3nc(-n4c5ccccc5c5ccccc54)nc(-n4c5ccccc5c5ccccc54)c3sc21. The van der Waals surface area contributed by atoms with Crippen LogP contribution >= 0.6 is 11.3 Å². The first-order valence-electron chi connectivity index (χ1n) is 14.4. The molecule has 0 saturated heterocycles. The first-order valence-corrected chi connectivity index (χ1v) is 15.3. The lowest BCUT2D eigenvalue weighted by molar-refractivity contribution is 0.976. The molecule has 0 N–H and O–H groups in total. The maximum absolute atomic E-state index is 5.49. The molecule has 43 heavy (non-hydrogen) atoms. The Morgan fingerprint density at radius 2 is 0.884 bits per heavy atom. The van der Waals surface area contributed by atoms with Crippen LogP contribution in [-0.4, -0.2) is 19.1 Å². The van der Waals surface area contributed by atoms with Gasteiger partial charge in [0, 0.05) is 31.6 Å². The highest BCUT2D eigenvalue weighted by Gasteiger charge is 2.22. The van der Waals surface area contributed by atoms with E-state index in [2.05, 4.69) is 143 Å². The van der Waals surface area contributed by atoms with E-state index < -0.39 is 0 Å². The minimum absolute atomic E-state index is 0.676. The van der Waals surface area contributed by atoms with Crippen LogP contribution < -0.4 is 0 Å². The van der Waals surface area contributed by atoms with Crippen molar-refractivity contribution in [2.45, 2.75) is 0 Å². The number of benzene rings is 6.